The predicted molar refractivity (Wildman–Crippen MR) is 79.9 cm³/mol. The van der Waals surface area contributed by atoms with Crippen LogP contribution in [-0.4, -0.2) is 23.7 Å². The van der Waals surface area contributed by atoms with Gasteiger partial charge in [-0.1, -0.05) is 36.4 Å². The molecule has 0 unspecified atom stereocenters. The first-order chi connectivity index (χ1) is 10.9. The predicted octanol–water partition coefficient (Wildman–Crippen LogP) is 3.04. The Labute approximate surface area is 131 Å². The monoisotopic (exact) mass is 323 g/mol. The zero-order valence-corrected chi connectivity index (χ0v) is 12.2. The largest absolute Gasteiger partial charge is 0.416 e. The molecule has 2 N–H and O–H groups in total. The van der Waals surface area contributed by atoms with E-state index in [1.54, 1.807) is 0 Å². The maximum Gasteiger partial charge on any atom is 0.416 e. The van der Waals surface area contributed by atoms with Crippen molar-refractivity contribution >= 4 is 5.91 Å². The fourth-order valence-corrected chi connectivity index (χ4v) is 2.11. The van der Waals surface area contributed by atoms with E-state index in [4.69, 9.17) is 0 Å². The maximum absolute atomic E-state index is 12.6. The van der Waals surface area contributed by atoms with Crippen molar-refractivity contribution in [3.05, 3.63) is 71.3 Å². The molecule has 3 nitrogen and oxygen atoms in total. The van der Waals surface area contributed by atoms with Crippen molar-refractivity contribution in [2.75, 3.05) is 6.54 Å². The normalized spacial score (nSPS) is 12.7. The Bertz CT molecular complexity index is 656. The fraction of sp³-hybridized carbons (Fsp3) is 0.235. The second kappa shape index (κ2) is 7.28. The van der Waals surface area contributed by atoms with Gasteiger partial charge in [0, 0.05) is 18.5 Å². The molecule has 2 rings (SSSR count). The minimum atomic E-state index is -4.50. The van der Waals surface area contributed by atoms with Gasteiger partial charge in [-0.05, 0) is 23.8 Å². The number of carbonyl (C=O) groups excluding carboxylic acids is 1. The summed E-state index contributed by atoms with van der Waals surface area (Å²) >= 11 is 0. The number of aliphatic hydroxyl groups is 1. The molecule has 0 radical (unpaired) electrons. The van der Waals surface area contributed by atoms with Gasteiger partial charge >= 0.3 is 6.18 Å². The number of alkyl halides is 3. The van der Waals surface area contributed by atoms with Gasteiger partial charge in [0.05, 0.1) is 11.7 Å². The number of hydrogen-bond donors (Lipinski definition) is 2. The SMILES string of the molecule is O=C(NC[C@@H](O)Cc1ccccc1)c1cccc(C(F)(F)F)c1. The third-order valence-corrected chi connectivity index (χ3v) is 3.26. The molecule has 122 valence electrons. The van der Waals surface area contributed by atoms with Gasteiger partial charge in [0.2, 0.25) is 0 Å². The summed E-state index contributed by atoms with van der Waals surface area (Å²) in [7, 11) is 0. The third kappa shape index (κ3) is 5.10. The number of hydrogen-bond acceptors (Lipinski definition) is 2. The van der Waals surface area contributed by atoms with Crippen LogP contribution in [0.2, 0.25) is 0 Å². The molecule has 0 spiro atoms. The summed E-state index contributed by atoms with van der Waals surface area (Å²) < 4.78 is 37.8. The lowest BCUT2D eigenvalue weighted by Gasteiger charge is -2.13. The Morgan fingerprint density at radius 2 is 1.78 bits per heavy atom. The van der Waals surface area contributed by atoms with Gasteiger partial charge in [0.25, 0.3) is 5.91 Å². The molecule has 0 aliphatic heterocycles. The standard InChI is InChI=1S/C17H16F3NO2/c18-17(19,20)14-8-4-7-13(10-14)16(23)21-11-15(22)9-12-5-2-1-3-6-12/h1-8,10,15,22H,9,11H2,(H,21,23)/t15-/m0/s1. The van der Waals surface area contributed by atoms with E-state index in [9.17, 15) is 23.1 Å². The number of halogens is 3. The third-order valence-electron chi connectivity index (χ3n) is 3.26. The second-order valence-electron chi connectivity index (χ2n) is 5.13. The molecule has 0 aromatic heterocycles. The molecule has 0 bridgehead atoms. The molecule has 1 amide bonds. The van der Waals surface area contributed by atoms with Crippen molar-refractivity contribution in [2.45, 2.75) is 18.7 Å². The van der Waals surface area contributed by atoms with E-state index in [1.807, 2.05) is 30.3 Å². The zero-order chi connectivity index (χ0) is 16.9. The van der Waals surface area contributed by atoms with Gasteiger partial charge in [-0.15, -0.1) is 0 Å². The van der Waals surface area contributed by atoms with Crippen LogP contribution in [-0.2, 0) is 12.6 Å². The van der Waals surface area contributed by atoms with Gasteiger partial charge in [0.15, 0.2) is 0 Å². The highest BCUT2D eigenvalue weighted by molar-refractivity contribution is 5.94. The Morgan fingerprint density at radius 3 is 2.43 bits per heavy atom. The second-order valence-corrected chi connectivity index (χ2v) is 5.13. The highest BCUT2D eigenvalue weighted by Crippen LogP contribution is 2.29. The number of amides is 1. The molecule has 23 heavy (non-hydrogen) atoms. The van der Waals surface area contributed by atoms with E-state index in [1.165, 1.54) is 12.1 Å². The lowest BCUT2D eigenvalue weighted by molar-refractivity contribution is -0.137. The fourth-order valence-electron chi connectivity index (χ4n) is 2.11. The number of rotatable bonds is 5. The van der Waals surface area contributed by atoms with E-state index in [-0.39, 0.29) is 12.1 Å². The van der Waals surface area contributed by atoms with E-state index in [2.05, 4.69) is 5.32 Å². The van der Waals surface area contributed by atoms with Crippen LogP contribution in [0.1, 0.15) is 21.5 Å². The summed E-state index contributed by atoms with van der Waals surface area (Å²) in [5.74, 6) is -0.650. The molecule has 0 aliphatic carbocycles. The van der Waals surface area contributed by atoms with E-state index in [0.717, 1.165) is 17.7 Å². The molecular formula is C17H16F3NO2. The maximum atomic E-state index is 12.6. The summed E-state index contributed by atoms with van der Waals surface area (Å²) in [5.41, 5.74) is -0.0602. The number of aliphatic hydroxyl groups excluding tert-OH is 1. The van der Waals surface area contributed by atoms with Crippen LogP contribution in [0.4, 0.5) is 13.2 Å². The lowest BCUT2D eigenvalue weighted by atomic mass is 10.1. The van der Waals surface area contributed by atoms with Crippen molar-refractivity contribution in [1.82, 2.24) is 5.32 Å². The molecule has 6 heteroatoms. The summed E-state index contributed by atoms with van der Waals surface area (Å²) in [6.45, 7) is -0.0377. The first-order valence-electron chi connectivity index (χ1n) is 7.03. The van der Waals surface area contributed by atoms with E-state index >= 15 is 0 Å². The zero-order valence-electron chi connectivity index (χ0n) is 12.2. The van der Waals surface area contributed by atoms with Crippen LogP contribution in [0.5, 0.6) is 0 Å². The van der Waals surface area contributed by atoms with Gasteiger partial charge in [-0.25, -0.2) is 0 Å². The Hall–Kier alpha value is -2.34. The van der Waals surface area contributed by atoms with Crippen LogP contribution in [0.25, 0.3) is 0 Å². The quantitative estimate of drug-likeness (QED) is 0.888. The number of nitrogens with one attached hydrogen (secondary N) is 1. The summed E-state index contributed by atoms with van der Waals surface area (Å²) in [6.07, 6.45) is -4.96. The smallest absolute Gasteiger partial charge is 0.391 e. The topological polar surface area (TPSA) is 49.3 Å². The average Bonchev–Trinajstić information content (AvgIpc) is 2.53. The highest BCUT2D eigenvalue weighted by atomic mass is 19.4. The first-order valence-corrected chi connectivity index (χ1v) is 7.03. The van der Waals surface area contributed by atoms with Crippen LogP contribution in [0.15, 0.2) is 54.6 Å². The van der Waals surface area contributed by atoms with Crippen molar-refractivity contribution in [3.63, 3.8) is 0 Å². The highest BCUT2D eigenvalue weighted by Gasteiger charge is 2.30. The van der Waals surface area contributed by atoms with Crippen LogP contribution < -0.4 is 5.32 Å². The van der Waals surface area contributed by atoms with Crippen LogP contribution in [0.3, 0.4) is 0 Å². The van der Waals surface area contributed by atoms with Crippen molar-refractivity contribution in [2.24, 2.45) is 0 Å². The molecule has 0 saturated carbocycles. The average molecular weight is 323 g/mol. The molecule has 2 aromatic rings. The number of benzene rings is 2. The van der Waals surface area contributed by atoms with E-state index < -0.39 is 23.8 Å². The van der Waals surface area contributed by atoms with Crippen LogP contribution in [0, 0.1) is 0 Å². The summed E-state index contributed by atoms with van der Waals surface area (Å²) in [5, 5.41) is 12.3. The molecule has 0 fully saturated rings. The number of carbonyl (C=O) groups is 1. The van der Waals surface area contributed by atoms with Crippen molar-refractivity contribution in [3.8, 4) is 0 Å². The van der Waals surface area contributed by atoms with Gasteiger partial charge in [-0.2, -0.15) is 13.2 Å². The van der Waals surface area contributed by atoms with Gasteiger partial charge in [0.1, 0.15) is 0 Å². The molecule has 0 aliphatic rings. The Balaban J connectivity index is 1.92. The van der Waals surface area contributed by atoms with Gasteiger partial charge in [-0.3, -0.25) is 4.79 Å². The first kappa shape index (κ1) is 17.0. The van der Waals surface area contributed by atoms with Crippen molar-refractivity contribution < 1.29 is 23.1 Å². The molecular weight excluding hydrogens is 307 g/mol. The molecule has 0 heterocycles. The van der Waals surface area contributed by atoms with Crippen LogP contribution >= 0.6 is 0 Å². The van der Waals surface area contributed by atoms with E-state index in [0.29, 0.717) is 6.42 Å². The Kier molecular flexibility index (Phi) is 5.39. The molecule has 2 aromatic carbocycles. The summed E-state index contributed by atoms with van der Waals surface area (Å²) in [6, 6.07) is 13.4. The minimum Gasteiger partial charge on any atom is -0.391 e. The lowest BCUT2D eigenvalue weighted by Crippen LogP contribution is -2.33. The Morgan fingerprint density at radius 1 is 1.09 bits per heavy atom. The van der Waals surface area contributed by atoms with Gasteiger partial charge < -0.3 is 10.4 Å². The molecule has 0 saturated heterocycles. The van der Waals surface area contributed by atoms with Crippen molar-refractivity contribution in [1.29, 1.82) is 0 Å². The minimum absolute atomic E-state index is 0.0377. The summed E-state index contributed by atoms with van der Waals surface area (Å²) in [4.78, 5) is 11.9. The molecule has 1 atom stereocenters.